The first kappa shape index (κ1) is 14.2. The average Bonchev–Trinajstić information content (AvgIpc) is 2.74. The highest BCUT2D eigenvalue weighted by atomic mass is 127. The fraction of sp³-hybridized carbons (Fsp3) is 0.462. The number of nitrogens with one attached hydrogen (secondary N) is 1. The maximum absolute atomic E-state index is 4.68. The molecule has 0 saturated heterocycles. The van der Waals surface area contributed by atoms with E-state index in [1.807, 2.05) is 26.4 Å². The number of nitrogens with zero attached hydrogens (tertiary/aromatic N) is 4. The van der Waals surface area contributed by atoms with E-state index >= 15 is 0 Å². The van der Waals surface area contributed by atoms with Crippen molar-refractivity contribution in [3.63, 3.8) is 0 Å². The van der Waals surface area contributed by atoms with E-state index in [-0.39, 0.29) is 5.41 Å². The molecule has 0 bridgehead atoms. The topological polar surface area (TPSA) is 55.6 Å². The van der Waals surface area contributed by atoms with E-state index in [0.29, 0.717) is 0 Å². The second kappa shape index (κ2) is 5.07. The normalized spacial score (nSPS) is 11.7. The fourth-order valence-electron chi connectivity index (χ4n) is 1.72. The molecule has 0 radical (unpaired) electrons. The Kier molecular flexibility index (Phi) is 3.80. The van der Waals surface area contributed by atoms with Crippen LogP contribution < -0.4 is 5.32 Å². The first-order chi connectivity index (χ1) is 8.82. The molecule has 0 spiro atoms. The molecule has 0 aliphatic heterocycles. The number of rotatable bonds is 2. The minimum Gasteiger partial charge on any atom is -0.373 e. The summed E-state index contributed by atoms with van der Waals surface area (Å²) in [7, 11) is 1.87. The zero-order valence-electron chi connectivity index (χ0n) is 11.8. The van der Waals surface area contributed by atoms with E-state index in [1.54, 1.807) is 4.68 Å². The summed E-state index contributed by atoms with van der Waals surface area (Å²) >= 11 is 2.24. The number of hydrogen-bond acceptors (Lipinski definition) is 4. The molecule has 2 heterocycles. The van der Waals surface area contributed by atoms with Crippen molar-refractivity contribution >= 4 is 28.4 Å². The predicted octanol–water partition coefficient (Wildman–Crippen LogP) is 2.91. The molecule has 0 atom stereocenters. The van der Waals surface area contributed by atoms with Crippen LogP contribution in [0.4, 0.5) is 5.82 Å². The Morgan fingerprint density at radius 2 is 1.95 bits per heavy atom. The Morgan fingerprint density at radius 1 is 1.26 bits per heavy atom. The molecule has 0 aliphatic carbocycles. The fourth-order valence-corrected chi connectivity index (χ4v) is 2.11. The van der Waals surface area contributed by atoms with Gasteiger partial charge < -0.3 is 5.32 Å². The van der Waals surface area contributed by atoms with Gasteiger partial charge in [-0.15, -0.1) is 0 Å². The monoisotopic (exact) mass is 371 g/mol. The highest BCUT2D eigenvalue weighted by molar-refractivity contribution is 14.1. The third-order valence-electron chi connectivity index (χ3n) is 2.80. The van der Waals surface area contributed by atoms with Crippen LogP contribution in [0.2, 0.25) is 0 Å². The molecule has 5 nitrogen and oxygen atoms in total. The maximum atomic E-state index is 4.68. The summed E-state index contributed by atoms with van der Waals surface area (Å²) in [5.74, 6) is 2.48. The second-order valence-corrected chi connectivity index (χ2v) is 6.69. The second-order valence-electron chi connectivity index (χ2n) is 5.45. The molecule has 1 N–H and O–H groups in total. The van der Waals surface area contributed by atoms with Crippen LogP contribution in [-0.2, 0) is 5.41 Å². The number of aromatic nitrogens is 4. The van der Waals surface area contributed by atoms with Gasteiger partial charge >= 0.3 is 0 Å². The predicted molar refractivity (Wildman–Crippen MR) is 84.9 cm³/mol. The van der Waals surface area contributed by atoms with Crippen LogP contribution in [0.15, 0.2) is 12.4 Å². The molecule has 102 valence electrons. The Balaban J connectivity index is 2.65. The molecule has 2 aromatic heterocycles. The molecule has 0 fully saturated rings. The lowest BCUT2D eigenvalue weighted by Gasteiger charge is -2.20. The Bertz CT molecular complexity index is 598. The molecular formula is C13H18IN5. The highest BCUT2D eigenvalue weighted by Gasteiger charge is 2.21. The van der Waals surface area contributed by atoms with Gasteiger partial charge in [0.1, 0.15) is 11.6 Å². The number of anilines is 1. The van der Waals surface area contributed by atoms with Crippen molar-refractivity contribution < 1.29 is 0 Å². The molecule has 0 saturated carbocycles. The van der Waals surface area contributed by atoms with Gasteiger partial charge in [-0.25, -0.2) is 14.6 Å². The summed E-state index contributed by atoms with van der Waals surface area (Å²) < 4.78 is 2.88. The van der Waals surface area contributed by atoms with Gasteiger partial charge in [-0.05, 0) is 29.5 Å². The quantitative estimate of drug-likeness (QED) is 0.825. The zero-order valence-corrected chi connectivity index (χ0v) is 14.0. The van der Waals surface area contributed by atoms with Gasteiger partial charge in [0.15, 0.2) is 5.82 Å². The van der Waals surface area contributed by atoms with Crippen LogP contribution in [0, 0.1) is 10.5 Å². The molecule has 0 unspecified atom stereocenters. The summed E-state index contributed by atoms with van der Waals surface area (Å²) in [6.45, 7) is 8.32. The average molecular weight is 371 g/mol. The molecule has 0 amide bonds. The van der Waals surface area contributed by atoms with Crippen molar-refractivity contribution in [3.8, 4) is 5.82 Å². The molecule has 0 aromatic carbocycles. The van der Waals surface area contributed by atoms with Crippen LogP contribution in [-0.4, -0.2) is 26.8 Å². The highest BCUT2D eigenvalue weighted by Crippen LogP contribution is 2.25. The van der Waals surface area contributed by atoms with Crippen LogP contribution in [0.3, 0.4) is 0 Å². The third kappa shape index (κ3) is 2.88. The van der Waals surface area contributed by atoms with Crippen LogP contribution in [0.1, 0.15) is 32.2 Å². The molecule has 19 heavy (non-hydrogen) atoms. The van der Waals surface area contributed by atoms with E-state index in [1.165, 1.54) is 0 Å². The van der Waals surface area contributed by atoms with Crippen molar-refractivity contribution in [2.45, 2.75) is 33.1 Å². The van der Waals surface area contributed by atoms with Gasteiger partial charge in [-0.1, -0.05) is 20.8 Å². The molecular weight excluding hydrogens is 353 g/mol. The van der Waals surface area contributed by atoms with Crippen molar-refractivity contribution in [2.75, 3.05) is 12.4 Å². The first-order valence-corrected chi connectivity index (χ1v) is 7.18. The number of halogens is 1. The lowest BCUT2D eigenvalue weighted by atomic mass is 9.95. The largest absolute Gasteiger partial charge is 0.373 e. The molecule has 0 aliphatic rings. The van der Waals surface area contributed by atoms with Gasteiger partial charge in [0, 0.05) is 24.2 Å². The molecule has 2 rings (SSSR count). The van der Waals surface area contributed by atoms with E-state index in [9.17, 15) is 0 Å². The van der Waals surface area contributed by atoms with Crippen molar-refractivity contribution in [2.24, 2.45) is 0 Å². The van der Waals surface area contributed by atoms with Crippen LogP contribution >= 0.6 is 22.6 Å². The maximum Gasteiger partial charge on any atom is 0.162 e. The van der Waals surface area contributed by atoms with E-state index in [4.69, 9.17) is 0 Å². The minimum absolute atomic E-state index is 0.103. The first-order valence-electron chi connectivity index (χ1n) is 6.10. The van der Waals surface area contributed by atoms with Crippen molar-refractivity contribution in [3.05, 3.63) is 27.4 Å². The van der Waals surface area contributed by atoms with Crippen molar-refractivity contribution in [1.29, 1.82) is 0 Å². The minimum atomic E-state index is -0.103. The van der Waals surface area contributed by atoms with Gasteiger partial charge in [0.2, 0.25) is 0 Å². The third-order valence-corrected chi connectivity index (χ3v) is 3.35. The van der Waals surface area contributed by atoms with E-state index in [2.05, 4.69) is 63.7 Å². The summed E-state index contributed by atoms with van der Waals surface area (Å²) in [4.78, 5) is 9.27. The van der Waals surface area contributed by atoms with Gasteiger partial charge in [-0.2, -0.15) is 5.10 Å². The summed E-state index contributed by atoms with van der Waals surface area (Å²) in [6, 6.07) is 0. The zero-order chi connectivity index (χ0) is 14.2. The Hall–Kier alpha value is -1.18. The SMILES string of the molecule is CNc1nc(C(C)(C)C)nc(-n2cc(I)cn2)c1C. The molecule has 6 heteroatoms. The Labute approximate surface area is 127 Å². The summed E-state index contributed by atoms with van der Waals surface area (Å²) in [5.41, 5.74) is 0.893. The lowest BCUT2D eigenvalue weighted by Crippen LogP contribution is -2.20. The summed E-state index contributed by atoms with van der Waals surface area (Å²) in [6.07, 6.45) is 3.78. The van der Waals surface area contributed by atoms with Crippen LogP contribution in [0.25, 0.3) is 5.82 Å². The van der Waals surface area contributed by atoms with Gasteiger partial charge in [-0.3, -0.25) is 0 Å². The van der Waals surface area contributed by atoms with Gasteiger partial charge in [0.25, 0.3) is 0 Å². The van der Waals surface area contributed by atoms with Gasteiger partial charge in [0.05, 0.1) is 9.77 Å². The van der Waals surface area contributed by atoms with E-state index < -0.39 is 0 Å². The smallest absolute Gasteiger partial charge is 0.162 e. The van der Waals surface area contributed by atoms with E-state index in [0.717, 1.165) is 26.6 Å². The standard InChI is InChI=1S/C13H18IN5/c1-8-10(15-5)17-12(13(2,3)4)18-11(8)19-7-9(14)6-16-19/h6-7H,1-5H3,(H,15,17,18). The summed E-state index contributed by atoms with van der Waals surface area (Å²) in [5, 5.41) is 7.47. The molecule has 2 aromatic rings. The van der Waals surface area contributed by atoms with Crippen LogP contribution in [0.5, 0.6) is 0 Å². The van der Waals surface area contributed by atoms with Crippen molar-refractivity contribution in [1.82, 2.24) is 19.7 Å². The lowest BCUT2D eigenvalue weighted by molar-refractivity contribution is 0.542. The Morgan fingerprint density at radius 3 is 2.42 bits per heavy atom. The number of hydrogen-bond donors (Lipinski definition) is 1.